The van der Waals surface area contributed by atoms with Crippen LogP contribution < -0.4 is 10.9 Å². The molecule has 1 aromatic heterocycles. The van der Waals surface area contributed by atoms with Gasteiger partial charge in [0.25, 0.3) is 5.56 Å². The number of rotatable bonds is 3. The zero-order valence-corrected chi connectivity index (χ0v) is 9.63. The lowest BCUT2D eigenvalue weighted by Gasteiger charge is -2.05. The maximum Gasteiger partial charge on any atom is 0.252 e. The van der Waals surface area contributed by atoms with Gasteiger partial charge in [-0.05, 0) is 30.5 Å². The molecule has 0 aliphatic carbocycles. The second kappa shape index (κ2) is 4.49. The summed E-state index contributed by atoms with van der Waals surface area (Å²) in [5, 5.41) is 4.25. The molecule has 0 radical (unpaired) electrons. The third kappa shape index (κ3) is 1.99. The first-order valence-corrected chi connectivity index (χ1v) is 5.54. The SMILES string of the molecule is CCNCc1cc2cccc(C)c2[nH]c1=O. The Morgan fingerprint density at radius 2 is 2.19 bits per heavy atom. The number of hydrogen-bond acceptors (Lipinski definition) is 2. The summed E-state index contributed by atoms with van der Waals surface area (Å²) in [4.78, 5) is 14.7. The highest BCUT2D eigenvalue weighted by Gasteiger charge is 2.03. The number of aromatic amines is 1. The lowest BCUT2D eigenvalue weighted by Crippen LogP contribution is -2.20. The largest absolute Gasteiger partial charge is 0.321 e. The van der Waals surface area contributed by atoms with Crippen LogP contribution in [0.4, 0.5) is 0 Å². The highest BCUT2D eigenvalue weighted by molar-refractivity contribution is 5.81. The summed E-state index contributed by atoms with van der Waals surface area (Å²) in [7, 11) is 0. The number of aromatic nitrogens is 1. The van der Waals surface area contributed by atoms with Gasteiger partial charge in [0.1, 0.15) is 0 Å². The molecule has 2 aromatic rings. The Morgan fingerprint density at radius 3 is 2.94 bits per heavy atom. The van der Waals surface area contributed by atoms with Crippen molar-refractivity contribution in [2.24, 2.45) is 0 Å². The zero-order valence-electron chi connectivity index (χ0n) is 9.63. The molecule has 0 bridgehead atoms. The van der Waals surface area contributed by atoms with Crippen LogP contribution in [0.5, 0.6) is 0 Å². The van der Waals surface area contributed by atoms with Gasteiger partial charge >= 0.3 is 0 Å². The highest BCUT2D eigenvalue weighted by atomic mass is 16.1. The smallest absolute Gasteiger partial charge is 0.252 e. The molecule has 0 amide bonds. The second-order valence-electron chi connectivity index (χ2n) is 3.94. The Labute approximate surface area is 94.5 Å². The lowest BCUT2D eigenvalue weighted by atomic mass is 10.1. The zero-order chi connectivity index (χ0) is 11.5. The average molecular weight is 216 g/mol. The van der Waals surface area contributed by atoms with Crippen LogP contribution in [-0.4, -0.2) is 11.5 Å². The van der Waals surface area contributed by atoms with Gasteiger partial charge < -0.3 is 10.3 Å². The van der Waals surface area contributed by atoms with Crippen molar-refractivity contribution in [2.75, 3.05) is 6.54 Å². The molecule has 1 heterocycles. The summed E-state index contributed by atoms with van der Waals surface area (Å²) in [6.45, 7) is 5.52. The fraction of sp³-hybridized carbons (Fsp3) is 0.308. The predicted octanol–water partition coefficient (Wildman–Crippen LogP) is 1.95. The van der Waals surface area contributed by atoms with Gasteiger partial charge in [-0.25, -0.2) is 0 Å². The molecule has 2 rings (SSSR count). The van der Waals surface area contributed by atoms with Crippen LogP contribution in [0.3, 0.4) is 0 Å². The van der Waals surface area contributed by atoms with Crippen molar-refractivity contribution in [3.8, 4) is 0 Å². The third-order valence-corrected chi connectivity index (χ3v) is 2.73. The van der Waals surface area contributed by atoms with E-state index < -0.39 is 0 Å². The van der Waals surface area contributed by atoms with E-state index in [4.69, 9.17) is 0 Å². The van der Waals surface area contributed by atoms with Crippen LogP contribution in [0.25, 0.3) is 10.9 Å². The van der Waals surface area contributed by atoms with Crippen molar-refractivity contribution in [1.29, 1.82) is 0 Å². The molecule has 0 aliphatic rings. The molecular formula is C13H16N2O. The Morgan fingerprint density at radius 1 is 1.38 bits per heavy atom. The van der Waals surface area contributed by atoms with E-state index in [0.29, 0.717) is 6.54 Å². The average Bonchev–Trinajstić information content (AvgIpc) is 2.28. The van der Waals surface area contributed by atoms with Gasteiger partial charge in [0.2, 0.25) is 0 Å². The minimum absolute atomic E-state index is 0.00255. The Balaban J connectivity index is 2.54. The van der Waals surface area contributed by atoms with Crippen LogP contribution in [0.15, 0.2) is 29.1 Å². The molecule has 0 fully saturated rings. The van der Waals surface area contributed by atoms with Crippen LogP contribution in [0, 0.1) is 6.92 Å². The number of pyridine rings is 1. The van der Waals surface area contributed by atoms with E-state index in [1.165, 1.54) is 0 Å². The molecule has 0 spiro atoms. The molecular weight excluding hydrogens is 200 g/mol. The maximum atomic E-state index is 11.8. The normalized spacial score (nSPS) is 10.9. The van der Waals surface area contributed by atoms with Crippen LogP contribution in [0.2, 0.25) is 0 Å². The van der Waals surface area contributed by atoms with Gasteiger partial charge in [-0.3, -0.25) is 4.79 Å². The first-order chi connectivity index (χ1) is 7.72. The molecule has 16 heavy (non-hydrogen) atoms. The van der Waals surface area contributed by atoms with Gasteiger partial charge in [-0.2, -0.15) is 0 Å². The number of nitrogens with one attached hydrogen (secondary N) is 2. The van der Waals surface area contributed by atoms with E-state index >= 15 is 0 Å². The molecule has 1 aromatic carbocycles. The fourth-order valence-electron chi connectivity index (χ4n) is 1.82. The van der Waals surface area contributed by atoms with Crippen LogP contribution in [-0.2, 0) is 6.54 Å². The standard InChI is InChI=1S/C13H16N2O/c1-3-14-8-11-7-10-6-4-5-9(2)12(10)15-13(11)16/h4-7,14H,3,8H2,1-2H3,(H,15,16). The summed E-state index contributed by atoms with van der Waals surface area (Å²) in [5.41, 5.74) is 2.83. The first kappa shape index (κ1) is 10.9. The number of H-pyrrole nitrogens is 1. The van der Waals surface area contributed by atoms with Crippen LogP contribution in [0.1, 0.15) is 18.1 Å². The van der Waals surface area contributed by atoms with Crippen molar-refractivity contribution < 1.29 is 0 Å². The molecule has 3 nitrogen and oxygen atoms in total. The minimum Gasteiger partial charge on any atom is -0.321 e. The van der Waals surface area contributed by atoms with Gasteiger partial charge in [-0.15, -0.1) is 0 Å². The molecule has 0 saturated carbocycles. The van der Waals surface area contributed by atoms with E-state index in [1.807, 2.05) is 38.1 Å². The van der Waals surface area contributed by atoms with Gasteiger partial charge in [0.05, 0.1) is 5.52 Å². The molecule has 84 valence electrons. The van der Waals surface area contributed by atoms with E-state index in [-0.39, 0.29) is 5.56 Å². The number of benzene rings is 1. The third-order valence-electron chi connectivity index (χ3n) is 2.73. The van der Waals surface area contributed by atoms with E-state index in [0.717, 1.165) is 28.6 Å². The molecule has 0 unspecified atom stereocenters. The van der Waals surface area contributed by atoms with Gasteiger partial charge in [0.15, 0.2) is 0 Å². The van der Waals surface area contributed by atoms with Gasteiger partial charge in [0, 0.05) is 12.1 Å². The van der Waals surface area contributed by atoms with Crippen molar-refractivity contribution in [2.45, 2.75) is 20.4 Å². The minimum atomic E-state index is 0.00255. The summed E-state index contributed by atoms with van der Waals surface area (Å²) >= 11 is 0. The fourth-order valence-corrected chi connectivity index (χ4v) is 1.82. The number of hydrogen-bond donors (Lipinski definition) is 2. The summed E-state index contributed by atoms with van der Waals surface area (Å²) in [6.07, 6.45) is 0. The Kier molecular flexibility index (Phi) is 3.06. The molecule has 0 saturated heterocycles. The van der Waals surface area contributed by atoms with E-state index in [9.17, 15) is 4.79 Å². The van der Waals surface area contributed by atoms with Crippen molar-refractivity contribution in [3.63, 3.8) is 0 Å². The molecule has 2 N–H and O–H groups in total. The summed E-state index contributed by atoms with van der Waals surface area (Å²) in [5.74, 6) is 0. The van der Waals surface area contributed by atoms with Crippen molar-refractivity contribution >= 4 is 10.9 Å². The second-order valence-corrected chi connectivity index (χ2v) is 3.94. The van der Waals surface area contributed by atoms with Gasteiger partial charge in [-0.1, -0.05) is 25.1 Å². The first-order valence-electron chi connectivity index (χ1n) is 5.54. The number of aryl methyl sites for hydroxylation is 1. The summed E-state index contributed by atoms with van der Waals surface area (Å²) < 4.78 is 0. The number of fused-ring (bicyclic) bond motifs is 1. The monoisotopic (exact) mass is 216 g/mol. The Bertz CT molecular complexity index is 557. The van der Waals surface area contributed by atoms with Crippen molar-refractivity contribution in [1.82, 2.24) is 10.3 Å². The highest BCUT2D eigenvalue weighted by Crippen LogP contribution is 2.14. The topological polar surface area (TPSA) is 44.9 Å². The maximum absolute atomic E-state index is 11.8. The Hall–Kier alpha value is -1.61. The lowest BCUT2D eigenvalue weighted by molar-refractivity contribution is 0.721. The molecule has 3 heteroatoms. The predicted molar refractivity (Wildman–Crippen MR) is 66.7 cm³/mol. The summed E-state index contributed by atoms with van der Waals surface area (Å²) in [6, 6.07) is 7.99. The molecule has 0 aliphatic heterocycles. The number of para-hydroxylation sites is 1. The van der Waals surface area contributed by atoms with Crippen LogP contribution >= 0.6 is 0 Å². The quantitative estimate of drug-likeness (QED) is 0.823. The van der Waals surface area contributed by atoms with E-state index in [2.05, 4.69) is 10.3 Å². The van der Waals surface area contributed by atoms with Crippen molar-refractivity contribution in [3.05, 3.63) is 45.7 Å². The molecule has 0 atom stereocenters. The van der Waals surface area contributed by atoms with E-state index in [1.54, 1.807) is 0 Å².